The second-order valence-corrected chi connectivity index (χ2v) is 4.63. The van der Waals surface area contributed by atoms with Gasteiger partial charge in [-0.1, -0.05) is 18.2 Å². The molecule has 0 aliphatic heterocycles. The number of carbonyl (C=O) groups excluding carboxylic acids is 1. The first-order valence-electron chi connectivity index (χ1n) is 6.37. The highest BCUT2D eigenvalue weighted by atomic mass is 16.5. The van der Waals surface area contributed by atoms with Crippen molar-refractivity contribution in [3.05, 3.63) is 59.2 Å². The van der Waals surface area contributed by atoms with Crippen LogP contribution < -0.4 is 15.8 Å². The van der Waals surface area contributed by atoms with Gasteiger partial charge in [0.25, 0.3) is 5.91 Å². The molecule has 0 saturated carbocycles. The first-order chi connectivity index (χ1) is 9.60. The number of carbonyl (C=O) groups is 1. The SMILES string of the molecule is COc1ccccc1CNC(=O)c1cc(C)cc(N)c1. The quantitative estimate of drug-likeness (QED) is 0.839. The number of nitrogen functional groups attached to an aromatic ring is 1. The Hall–Kier alpha value is -2.49. The van der Waals surface area contributed by atoms with Gasteiger partial charge in [-0.25, -0.2) is 0 Å². The third kappa shape index (κ3) is 3.29. The molecule has 1 amide bonds. The van der Waals surface area contributed by atoms with Crippen LogP contribution in [-0.2, 0) is 6.54 Å². The molecule has 0 radical (unpaired) electrons. The van der Waals surface area contributed by atoms with E-state index in [1.165, 1.54) is 0 Å². The second kappa shape index (κ2) is 6.10. The molecular weight excluding hydrogens is 252 g/mol. The van der Waals surface area contributed by atoms with E-state index in [1.54, 1.807) is 13.2 Å². The smallest absolute Gasteiger partial charge is 0.251 e. The van der Waals surface area contributed by atoms with Crippen molar-refractivity contribution in [1.82, 2.24) is 5.32 Å². The van der Waals surface area contributed by atoms with Crippen LogP contribution in [0.3, 0.4) is 0 Å². The molecular formula is C16H18N2O2. The molecule has 2 aromatic rings. The van der Waals surface area contributed by atoms with Crippen LogP contribution in [0.5, 0.6) is 5.75 Å². The third-order valence-electron chi connectivity index (χ3n) is 2.99. The summed E-state index contributed by atoms with van der Waals surface area (Å²) < 4.78 is 5.25. The van der Waals surface area contributed by atoms with Gasteiger partial charge in [0.2, 0.25) is 0 Å². The normalized spacial score (nSPS) is 10.1. The van der Waals surface area contributed by atoms with E-state index in [4.69, 9.17) is 10.5 Å². The molecule has 2 aromatic carbocycles. The molecule has 104 valence electrons. The summed E-state index contributed by atoms with van der Waals surface area (Å²) in [4.78, 5) is 12.1. The highest BCUT2D eigenvalue weighted by molar-refractivity contribution is 5.95. The average Bonchev–Trinajstić information content (AvgIpc) is 2.44. The molecule has 20 heavy (non-hydrogen) atoms. The molecule has 4 nitrogen and oxygen atoms in total. The van der Waals surface area contributed by atoms with Gasteiger partial charge in [0, 0.05) is 23.4 Å². The Morgan fingerprint density at radius 1 is 1.25 bits per heavy atom. The number of methoxy groups -OCH3 is 1. The van der Waals surface area contributed by atoms with Gasteiger partial charge >= 0.3 is 0 Å². The van der Waals surface area contributed by atoms with Crippen LogP contribution in [0.1, 0.15) is 21.5 Å². The highest BCUT2D eigenvalue weighted by Gasteiger charge is 2.08. The van der Waals surface area contributed by atoms with Crippen molar-refractivity contribution in [1.29, 1.82) is 0 Å². The lowest BCUT2D eigenvalue weighted by atomic mass is 10.1. The molecule has 0 heterocycles. The van der Waals surface area contributed by atoms with E-state index >= 15 is 0 Å². The average molecular weight is 270 g/mol. The molecule has 0 atom stereocenters. The molecule has 0 fully saturated rings. The summed E-state index contributed by atoms with van der Waals surface area (Å²) >= 11 is 0. The minimum Gasteiger partial charge on any atom is -0.496 e. The molecule has 0 unspecified atom stereocenters. The monoisotopic (exact) mass is 270 g/mol. The molecule has 4 heteroatoms. The lowest BCUT2D eigenvalue weighted by Gasteiger charge is -2.10. The molecule has 0 aliphatic rings. The number of rotatable bonds is 4. The Morgan fingerprint density at radius 2 is 2.00 bits per heavy atom. The van der Waals surface area contributed by atoms with E-state index in [1.807, 2.05) is 43.3 Å². The fourth-order valence-corrected chi connectivity index (χ4v) is 2.07. The third-order valence-corrected chi connectivity index (χ3v) is 2.99. The number of amides is 1. The summed E-state index contributed by atoms with van der Waals surface area (Å²) in [5.74, 6) is 0.614. The van der Waals surface area contributed by atoms with Crippen molar-refractivity contribution >= 4 is 11.6 Å². The summed E-state index contributed by atoms with van der Waals surface area (Å²) in [5, 5.41) is 2.87. The molecule has 0 aromatic heterocycles. The van der Waals surface area contributed by atoms with Crippen LogP contribution >= 0.6 is 0 Å². The molecule has 0 bridgehead atoms. The zero-order chi connectivity index (χ0) is 14.5. The van der Waals surface area contributed by atoms with Crippen molar-refractivity contribution in [3.8, 4) is 5.75 Å². The van der Waals surface area contributed by atoms with Gasteiger partial charge < -0.3 is 15.8 Å². The number of hydrogen-bond donors (Lipinski definition) is 2. The van der Waals surface area contributed by atoms with Crippen molar-refractivity contribution < 1.29 is 9.53 Å². The second-order valence-electron chi connectivity index (χ2n) is 4.63. The minimum atomic E-state index is -0.147. The molecule has 3 N–H and O–H groups in total. The van der Waals surface area contributed by atoms with E-state index in [-0.39, 0.29) is 5.91 Å². The first kappa shape index (κ1) is 13.9. The Labute approximate surface area is 118 Å². The Morgan fingerprint density at radius 3 is 2.70 bits per heavy atom. The van der Waals surface area contributed by atoms with Crippen molar-refractivity contribution in [2.75, 3.05) is 12.8 Å². The van der Waals surface area contributed by atoms with Crippen LogP contribution in [0.2, 0.25) is 0 Å². The van der Waals surface area contributed by atoms with Crippen LogP contribution in [0.15, 0.2) is 42.5 Å². The lowest BCUT2D eigenvalue weighted by Crippen LogP contribution is -2.23. The minimum absolute atomic E-state index is 0.147. The summed E-state index contributed by atoms with van der Waals surface area (Å²) in [6, 6.07) is 12.9. The van der Waals surface area contributed by atoms with Crippen molar-refractivity contribution in [2.24, 2.45) is 0 Å². The fourth-order valence-electron chi connectivity index (χ4n) is 2.07. The van der Waals surface area contributed by atoms with E-state index in [2.05, 4.69) is 5.32 Å². The Kier molecular flexibility index (Phi) is 4.25. The van der Waals surface area contributed by atoms with Gasteiger partial charge in [-0.2, -0.15) is 0 Å². The number of benzene rings is 2. The molecule has 0 saturated heterocycles. The van der Waals surface area contributed by atoms with E-state index in [0.717, 1.165) is 16.9 Å². The number of ether oxygens (including phenoxy) is 1. The maximum atomic E-state index is 12.1. The van der Waals surface area contributed by atoms with Crippen molar-refractivity contribution in [2.45, 2.75) is 13.5 Å². The zero-order valence-electron chi connectivity index (χ0n) is 11.6. The number of para-hydroxylation sites is 1. The van der Waals surface area contributed by atoms with Crippen LogP contribution in [-0.4, -0.2) is 13.0 Å². The fraction of sp³-hybridized carbons (Fsp3) is 0.188. The lowest BCUT2D eigenvalue weighted by molar-refractivity contribution is 0.0950. The number of nitrogens with two attached hydrogens (primary N) is 1. The highest BCUT2D eigenvalue weighted by Crippen LogP contribution is 2.17. The zero-order valence-corrected chi connectivity index (χ0v) is 11.6. The Balaban J connectivity index is 2.08. The van der Waals surface area contributed by atoms with Crippen LogP contribution in [0.4, 0.5) is 5.69 Å². The topological polar surface area (TPSA) is 64.3 Å². The van der Waals surface area contributed by atoms with E-state index < -0.39 is 0 Å². The largest absolute Gasteiger partial charge is 0.496 e. The summed E-state index contributed by atoms with van der Waals surface area (Å²) in [6.45, 7) is 2.32. The number of anilines is 1. The van der Waals surface area contributed by atoms with E-state index in [9.17, 15) is 4.79 Å². The van der Waals surface area contributed by atoms with Gasteiger partial charge in [0.1, 0.15) is 5.75 Å². The first-order valence-corrected chi connectivity index (χ1v) is 6.37. The maximum Gasteiger partial charge on any atom is 0.251 e. The predicted octanol–water partition coefficient (Wildman–Crippen LogP) is 2.52. The number of aryl methyl sites for hydroxylation is 1. The molecule has 2 rings (SSSR count). The summed E-state index contributed by atoms with van der Waals surface area (Å²) in [5.41, 5.74) is 8.81. The number of hydrogen-bond acceptors (Lipinski definition) is 3. The van der Waals surface area contributed by atoms with Gasteiger partial charge in [-0.3, -0.25) is 4.79 Å². The van der Waals surface area contributed by atoms with Crippen LogP contribution in [0, 0.1) is 6.92 Å². The van der Waals surface area contributed by atoms with Crippen molar-refractivity contribution in [3.63, 3.8) is 0 Å². The summed E-state index contributed by atoms with van der Waals surface area (Å²) in [6.07, 6.45) is 0. The maximum absolute atomic E-state index is 12.1. The molecule has 0 spiro atoms. The standard InChI is InChI=1S/C16H18N2O2/c1-11-7-13(9-14(17)8-11)16(19)18-10-12-5-3-4-6-15(12)20-2/h3-9H,10,17H2,1-2H3,(H,18,19). The van der Waals surface area contributed by atoms with Gasteiger partial charge in [-0.15, -0.1) is 0 Å². The van der Waals surface area contributed by atoms with E-state index in [0.29, 0.717) is 17.8 Å². The molecule has 0 aliphatic carbocycles. The predicted molar refractivity (Wildman–Crippen MR) is 79.8 cm³/mol. The van der Waals surface area contributed by atoms with Gasteiger partial charge in [-0.05, 0) is 36.8 Å². The Bertz CT molecular complexity index is 603. The van der Waals surface area contributed by atoms with Gasteiger partial charge in [0.15, 0.2) is 0 Å². The number of nitrogens with one attached hydrogen (secondary N) is 1. The van der Waals surface area contributed by atoms with Gasteiger partial charge in [0.05, 0.1) is 7.11 Å². The summed E-state index contributed by atoms with van der Waals surface area (Å²) in [7, 11) is 1.61. The van der Waals surface area contributed by atoms with Crippen LogP contribution in [0.25, 0.3) is 0 Å².